The largest absolute Gasteiger partial charge is 0.438 e. The first-order valence-corrected chi connectivity index (χ1v) is 5.21. The molecular weight excluding hydrogens is 194 g/mol. The van der Waals surface area contributed by atoms with Crippen LogP contribution in [0.15, 0.2) is 16.5 Å². The van der Waals surface area contributed by atoms with Gasteiger partial charge in [-0.1, -0.05) is 0 Å². The Morgan fingerprint density at radius 2 is 2.33 bits per heavy atom. The maximum absolute atomic E-state index is 10.5. The Labute approximate surface area is 88.8 Å². The topological polar surface area (TPSA) is 42.7 Å². The fourth-order valence-electron chi connectivity index (χ4n) is 1.69. The van der Waals surface area contributed by atoms with Crippen molar-refractivity contribution in [1.29, 1.82) is 0 Å². The molecule has 1 saturated heterocycles. The molecule has 2 rings (SSSR count). The van der Waals surface area contributed by atoms with Crippen molar-refractivity contribution in [2.45, 2.75) is 19.4 Å². The summed E-state index contributed by atoms with van der Waals surface area (Å²) in [5.41, 5.74) is 0. The monoisotopic (exact) mass is 209 g/mol. The number of nitrogens with zero attached hydrogens (tertiary/aromatic N) is 1. The highest BCUT2D eigenvalue weighted by Crippen LogP contribution is 2.19. The molecule has 1 aromatic heterocycles. The summed E-state index contributed by atoms with van der Waals surface area (Å²) >= 11 is 0. The first kappa shape index (κ1) is 10.2. The SMILES string of the molecule is CC1CCN(c2ccc(C=O)o2)CCO1. The lowest BCUT2D eigenvalue weighted by Gasteiger charge is -2.17. The number of hydrogen-bond acceptors (Lipinski definition) is 4. The van der Waals surface area contributed by atoms with Crippen LogP contribution in [0.1, 0.15) is 23.9 Å². The lowest BCUT2D eigenvalue weighted by molar-refractivity contribution is 0.0787. The van der Waals surface area contributed by atoms with Crippen LogP contribution in [0.5, 0.6) is 0 Å². The average Bonchev–Trinajstić information content (AvgIpc) is 2.62. The molecular formula is C11H15NO3. The first-order chi connectivity index (χ1) is 7.29. The van der Waals surface area contributed by atoms with E-state index in [0.29, 0.717) is 18.5 Å². The normalized spacial score (nSPS) is 22.5. The molecule has 0 aromatic carbocycles. The zero-order valence-corrected chi connectivity index (χ0v) is 8.81. The van der Waals surface area contributed by atoms with Gasteiger partial charge >= 0.3 is 0 Å². The molecule has 0 N–H and O–H groups in total. The molecule has 0 radical (unpaired) electrons. The third-order valence-corrected chi connectivity index (χ3v) is 2.61. The van der Waals surface area contributed by atoms with Crippen LogP contribution in [-0.2, 0) is 4.74 Å². The highest BCUT2D eigenvalue weighted by Gasteiger charge is 2.16. The van der Waals surface area contributed by atoms with Gasteiger partial charge in [0.1, 0.15) is 0 Å². The highest BCUT2D eigenvalue weighted by molar-refractivity contribution is 5.71. The average molecular weight is 209 g/mol. The summed E-state index contributed by atoms with van der Waals surface area (Å²) in [6, 6.07) is 3.53. The molecule has 1 atom stereocenters. The van der Waals surface area contributed by atoms with E-state index in [4.69, 9.17) is 9.15 Å². The Balaban J connectivity index is 2.06. The van der Waals surface area contributed by atoms with Gasteiger partial charge in [0.2, 0.25) is 0 Å². The predicted molar refractivity (Wildman–Crippen MR) is 56.3 cm³/mol. The molecule has 1 unspecified atom stereocenters. The number of anilines is 1. The van der Waals surface area contributed by atoms with Gasteiger partial charge in [-0.2, -0.15) is 0 Å². The van der Waals surface area contributed by atoms with Gasteiger partial charge in [0.25, 0.3) is 0 Å². The lowest BCUT2D eigenvalue weighted by Crippen LogP contribution is -2.25. The minimum absolute atomic E-state index is 0.301. The Kier molecular flexibility index (Phi) is 3.06. The summed E-state index contributed by atoms with van der Waals surface area (Å²) in [4.78, 5) is 12.6. The maximum atomic E-state index is 10.5. The second kappa shape index (κ2) is 4.49. The molecule has 1 aliphatic rings. The lowest BCUT2D eigenvalue weighted by atomic mass is 10.3. The standard InChI is InChI=1S/C11H15NO3/c1-9-4-5-12(6-7-14-9)11-3-2-10(8-13)15-11/h2-3,8-9H,4-7H2,1H3. The Hall–Kier alpha value is -1.29. The fraction of sp³-hybridized carbons (Fsp3) is 0.545. The maximum Gasteiger partial charge on any atom is 0.196 e. The highest BCUT2D eigenvalue weighted by atomic mass is 16.5. The number of furan rings is 1. The van der Waals surface area contributed by atoms with Gasteiger partial charge < -0.3 is 14.1 Å². The fourth-order valence-corrected chi connectivity index (χ4v) is 1.69. The number of carbonyl (C=O) groups is 1. The molecule has 0 bridgehead atoms. The van der Waals surface area contributed by atoms with Gasteiger partial charge in [0.05, 0.1) is 12.7 Å². The predicted octanol–water partition coefficient (Wildman–Crippen LogP) is 1.71. The number of aldehydes is 1. The van der Waals surface area contributed by atoms with E-state index in [1.807, 2.05) is 6.07 Å². The molecule has 82 valence electrons. The van der Waals surface area contributed by atoms with E-state index in [1.54, 1.807) is 6.07 Å². The van der Waals surface area contributed by atoms with Crippen molar-refractivity contribution < 1.29 is 13.9 Å². The van der Waals surface area contributed by atoms with Crippen molar-refractivity contribution >= 4 is 12.2 Å². The van der Waals surface area contributed by atoms with Crippen LogP contribution in [0.2, 0.25) is 0 Å². The molecule has 15 heavy (non-hydrogen) atoms. The summed E-state index contributed by atoms with van der Waals surface area (Å²) < 4.78 is 10.9. The van der Waals surface area contributed by atoms with E-state index in [-0.39, 0.29) is 0 Å². The molecule has 4 heteroatoms. The van der Waals surface area contributed by atoms with Crippen LogP contribution in [0, 0.1) is 0 Å². The van der Waals surface area contributed by atoms with Crippen LogP contribution in [0.3, 0.4) is 0 Å². The van der Waals surface area contributed by atoms with Crippen molar-refractivity contribution in [3.63, 3.8) is 0 Å². The van der Waals surface area contributed by atoms with Gasteiger partial charge in [-0.25, -0.2) is 0 Å². The minimum atomic E-state index is 0.301. The quantitative estimate of drug-likeness (QED) is 0.695. The van der Waals surface area contributed by atoms with Crippen LogP contribution in [-0.4, -0.2) is 32.1 Å². The molecule has 4 nitrogen and oxygen atoms in total. The number of carbonyl (C=O) groups excluding carboxylic acids is 1. The number of hydrogen-bond donors (Lipinski definition) is 0. The van der Waals surface area contributed by atoms with Crippen LogP contribution in [0.4, 0.5) is 5.88 Å². The smallest absolute Gasteiger partial charge is 0.196 e. The molecule has 0 spiro atoms. The molecule has 0 amide bonds. The Morgan fingerprint density at radius 1 is 1.47 bits per heavy atom. The number of rotatable bonds is 2. The second-order valence-corrected chi connectivity index (χ2v) is 3.75. The van der Waals surface area contributed by atoms with E-state index in [9.17, 15) is 4.79 Å². The number of ether oxygens (including phenoxy) is 1. The van der Waals surface area contributed by atoms with E-state index in [0.717, 1.165) is 31.7 Å². The van der Waals surface area contributed by atoms with Gasteiger partial charge in [0.15, 0.2) is 17.9 Å². The molecule has 1 aromatic rings. The second-order valence-electron chi connectivity index (χ2n) is 3.75. The van der Waals surface area contributed by atoms with Crippen molar-refractivity contribution in [3.8, 4) is 0 Å². The van der Waals surface area contributed by atoms with Gasteiger partial charge in [-0.3, -0.25) is 4.79 Å². The first-order valence-electron chi connectivity index (χ1n) is 5.21. The van der Waals surface area contributed by atoms with Crippen molar-refractivity contribution in [1.82, 2.24) is 0 Å². The zero-order valence-electron chi connectivity index (χ0n) is 8.81. The van der Waals surface area contributed by atoms with E-state index in [1.165, 1.54) is 0 Å². The summed E-state index contributed by atoms with van der Waals surface area (Å²) in [6.07, 6.45) is 2.01. The molecule has 2 heterocycles. The van der Waals surface area contributed by atoms with Gasteiger partial charge in [-0.05, 0) is 19.4 Å². The third kappa shape index (κ3) is 2.39. The van der Waals surface area contributed by atoms with Crippen LogP contribution >= 0.6 is 0 Å². The minimum Gasteiger partial charge on any atom is -0.438 e. The van der Waals surface area contributed by atoms with E-state index in [2.05, 4.69) is 11.8 Å². The molecule has 0 aliphatic carbocycles. The summed E-state index contributed by atoms with van der Waals surface area (Å²) in [7, 11) is 0. The summed E-state index contributed by atoms with van der Waals surface area (Å²) in [6.45, 7) is 4.50. The van der Waals surface area contributed by atoms with Crippen LogP contribution in [0.25, 0.3) is 0 Å². The van der Waals surface area contributed by atoms with Crippen molar-refractivity contribution in [2.75, 3.05) is 24.6 Å². The van der Waals surface area contributed by atoms with E-state index >= 15 is 0 Å². The van der Waals surface area contributed by atoms with Crippen molar-refractivity contribution in [2.24, 2.45) is 0 Å². The van der Waals surface area contributed by atoms with E-state index < -0.39 is 0 Å². The Morgan fingerprint density at radius 3 is 3.07 bits per heavy atom. The molecule has 0 saturated carbocycles. The Bertz CT molecular complexity index is 334. The van der Waals surface area contributed by atoms with Gasteiger partial charge in [-0.15, -0.1) is 0 Å². The van der Waals surface area contributed by atoms with Crippen LogP contribution < -0.4 is 4.90 Å². The van der Waals surface area contributed by atoms with Crippen molar-refractivity contribution in [3.05, 3.63) is 17.9 Å². The van der Waals surface area contributed by atoms with Gasteiger partial charge in [0, 0.05) is 19.2 Å². The summed E-state index contributed by atoms with van der Waals surface area (Å²) in [5.74, 6) is 1.14. The molecule has 1 aliphatic heterocycles. The zero-order chi connectivity index (χ0) is 10.7. The summed E-state index contributed by atoms with van der Waals surface area (Å²) in [5, 5.41) is 0. The third-order valence-electron chi connectivity index (χ3n) is 2.61. The molecule has 1 fully saturated rings.